The first-order valence-corrected chi connectivity index (χ1v) is 6.67. The van der Waals surface area contributed by atoms with Crippen LogP contribution in [-0.2, 0) is 6.18 Å². The molecule has 2 aromatic rings. The predicted molar refractivity (Wildman–Crippen MR) is 74.3 cm³/mol. The molecule has 0 aliphatic heterocycles. The first-order valence-electron chi connectivity index (χ1n) is 5.87. The maximum Gasteiger partial charge on any atom is 0.416 e. The molecule has 0 spiro atoms. The second-order valence-electron chi connectivity index (χ2n) is 4.24. The number of benzene rings is 1. The summed E-state index contributed by atoms with van der Waals surface area (Å²) >= 11 is 3.30. The third-order valence-corrected chi connectivity index (χ3v) is 3.38. The lowest BCUT2D eigenvalue weighted by atomic mass is 10.0. The van der Waals surface area contributed by atoms with Gasteiger partial charge in [-0.1, -0.05) is 12.1 Å². The van der Waals surface area contributed by atoms with Crippen molar-refractivity contribution in [1.29, 1.82) is 0 Å². The molecule has 20 heavy (non-hydrogen) atoms. The lowest BCUT2D eigenvalue weighted by Gasteiger charge is -2.17. The molecule has 1 aromatic heterocycles. The highest BCUT2D eigenvalue weighted by Gasteiger charge is 2.30. The van der Waals surface area contributed by atoms with E-state index in [-0.39, 0.29) is 6.04 Å². The fraction of sp³-hybridized carbons (Fsp3) is 0.214. The standard InChI is InChI=1S/C14H12BrF3N2/c1-19-13(12-7-6-11(15)8-20-12)9-2-4-10(5-3-9)14(16,17)18/h2-8,13,19H,1H3. The van der Waals surface area contributed by atoms with Crippen LogP contribution >= 0.6 is 15.9 Å². The van der Waals surface area contributed by atoms with Gasteiger partial charge in [0.05, 0.1) is 17.3 Å². The Kier molecular flexibility index (Phi) is 4.45. The van der Waals surface area contributed by atoms with Gasteiger partial charge in [0, 0.05) is 10.7 Å². The maximum absolute atomic E-state index is 12.5. The Morgan fingerprint density at radius 2 is 1.75 bits per heavy atom. The SMILES string of the molecule is CNC(c1ccc(C(F)(F)F)cc1)c1ccc(Br)cn1. The molecule has 106 valence electrons. The van der Waals surface area contributed by atoms with E-state index < -0.39 is 11.7 Å². The number of halogens is 4. The second-order valence-corrected chi connectivity index (χ2v) is 5.16. The number of rotatable bonds is 3. The van der Waals surface area contributed by atoms with Gasteiger partial charge in [0.1, 0.15) is 0 Å². The van der Waals surface area contributed by atoms with Crippen molar-refractivity contribution in [3.05, 3.63) is 63.9 Å². The summed E-state index contributed by atoms with van der Waals surface area (Å²) in [6.45, 7) is 0. The second kappa shape index (κ2) is 5.93. The Morgan fingerprint density at radius 1 is 1.10 bits per heavy atom. The monoisotopic (exact) mass is 344 g/mol. The number of alkyl halides is 3. The zero-order valence-corrected chi connectivity index (χ0v) is 12.2. The number of hydrogen-bond acceptors (Lipinski definition) is 2. The molecule has 0 radical (unpaired) electrons. The Morgan fingerprint density at radius 3 is 2.20 bits per heavy atom. The van der Waals surface area contributed by atoms with E-state index >= 15 is 0 Å². The molecular weight excluding hydrogens is 333 g/mol. The molecule has 0 saturated carbocycles. The van der Waals surface area contributed by atoms with E-state index in [9.17, 15) is 13.2 Å². The molecule has 1 N–H and O–H groups in total. The molecule has 6 heteroatoms. The lowest BCUT2D eigenvalue weighted by Crippen LogP contribution is -2.19. The molecule has 1 aromatic carbocycles. The predicted octanol–water partition coefficient (Wildman–Crippen LogP) is 4.17. The minimum absolute atomic E-state index is 0.245. The van der Waals surface area contributed by atoms with E-state index in [4.69, 9.17) is 0 Å². The van der Waals surface area contributed by atoms with Crippen LogP contribution in [0.25, 0.3) is 0 Å². The fourth-order valence-electron chi connectivity index (χ4n) is 1.91. The van der Waals surface area contributed by atoms with E-state index in [1.165, 1.54) is 12.1 Å². The highest BCUT2D eigenvalue weighted by Crippen LogP contribution is 2.30. The van der Waals surface area contributed by atoms with Gasteiger partial charge in [-0.2, -0.15) is 13.2 Å². The normalized spacial score (nSPS) is 13.2. The van der Waals surface area contributed by atoms with Crippen molar-refractivity contribution in [2.75, 3.05) is 7.05 Å². The van der Waals surface area contributed by atoms with Crippen LogP contribution in [-0.4, -0.2) is 12.0 Å². The third kappa shape index (κ3) is 3.37. The Hall–Kier alpha value is -1.40. The Balaban J connectivity index is 2.30. The molecule has 0 saturated heterocycles. The summed E-state index contributed by atoms with van der Waals surface area (Å²) in [6.07, 6.45) is -2.66. The number of nitrogens with one attached hydrogen (secondary N) is 1. The van der Waals surface area contributed by atoms with Crippen LogP contribution in [0.5, 0.6) is 0 Å². The number of nitrogens with zero attached hydrogens (tertiary/aromatic N) is 1. The largest absolute Gasteiger partial charge is 0.416 e. The van der Waals surface area contributed by atoms with Crippen molar-refractivity contribution in [2.24, 2.45) is 0 Å². The van der Waals surface area contributed by atoms with Gasteiger partial charge < -0.3 is 5.32 Å². The summed E-state index contributed by atoms with van der Waals surface area (Å²) in [6, 6.07) is 8.52. The van der Waals surface area contributed by atoms with Crippen molar-refractivity contribution in [1.82, 2.24) is 10.3 Å². The molecule has 0 aliphatic rings. The molecule has 2 rings (SSSR count). The average Bonchev–Trinajstić information content (AvgIpc) is 2.41. The molecule has 0 fully saturated rings. The molecule has 1 unspecified atom stereocenters. The Bertz CT molecular complexity index is 564. The van der Waals surface area contributed by atoms with Gasteiger partial charge in [-0.25, -0.2) is 0 Å². The summed E-state index contributed by atoms with van der Waals surface area (Å²) in [5.74, 6) is 0. The topological polar surface area (TPSA) is 24.9 Å². The van der Waals surface area contributed by atoms with Gasteiger partial charge in [0.15, 0.2) is 0 Å². The maximum atomic E-state index is 12.5. The van der Waals surface area contributed by atoms with Crippen LogP contribution in [0, 0.1) is 0 Å². The fourth-order valence-corrected chi connectivity index (χ4v) is 2.14. The van der Waals surface area contributed by atoms with E-state index in [2.05, 4.69) is 26.2 Å². The van der Waals surface area contributed by atoms with Gasteiger partial charge >= 0.3 is 6.18 Å². The molecule has 0 aliphatic carbocycles. The van der Waals surface area contributed by atoms with Crippen LogP contribution in [0.4, 0.5) is 13.2 Å². The molecule has 0 bridgehead atoms. The summed E-state index contributed by atoms with van der Waals surface area (Å²) in [4.78, 5) is 4.27. The minimum Gasteiger partial charge on any atom is -0.308 e. The van der Waals surface area contributed by atoms with Crippen LogP contribution in [0.3, 0.4) is 0 Å². The van der Waals surface area contributed by atoms with Gasteiger partial charge in [0.2, 0.25) is 0 Å². The molecular formula is C14H12BrF3N2. The van der Waals surface area contributed by atoms with E-state index in [0.29, 0.717) is 0 Å². The molecule has 1 atom stereocenters. The minimum atomic E-state index is -4.32. The zero-order valence-electron chi connectivity index (χ0n) is 10.6. The van der Waals surface area contributed by atoms with Gasteiger partial charge in [-0.3, -0.25) is 4.98 Å². The van der Waals surface area contributed by atoms with Crippen LogP contribution in [0.15, 0.2) is 47.1 Å². The first kappa shape index (κ1) is 15.0. The Labute approximate surface area is 123 Å². The summed E-state index contributed by atoms with van der Waals surface area (Å²) < 4.78 is 38.5. The molecule has 0 amide bonds. The summed E-state index contributed by atoms with van der Waals surface area (Å²) in [7, 11) is 1.74. The van der Waals surface area contributed by atoms with E-state index in [1.807, 2.05) is 12.1 Å². The highest BCUT2D eigenvalue weighted by atomic mass is 79.9. The van der Waals surface area contributed by atoms with Crippen LogP contribution < -0.4 is 5.32 Å². The van der Waals surface area contributed by atoms with Crippen molar-refractivity contribution in [3.63, 3.8) is 0 Å². The first-order chi connectivity index (χ1) is 9.41. The van der Waals surface area contributed by atoms with Crippen molar-refractivity contribution in [2.45, 2.75) is 12.2 Å². The van der Waals surface area contributed by atoms with Crippen molar-refractivity contribution >= 4 is 15.9 Å². The highest BCUT2D eigenvalue weighted by molar-refractivity contribution is 9.10. The number of hydrogen-bond donors (Lipinski definition) is 1. The van der Waals surface area contributed by atoms with E-state index in [1.54, 1.807) is 13.2 Å². The zero-order chi connectivity index (χ0) is 14.8. The smallest absolute Gasteiger partial charge is 0.308 e. The summed E-state index contributed by atoms with van der Waals surface area (Å²) in [5, 5.41) is 3.05. The number of pyridine rings is 1. The quantitative estimate of drug-likeness (QED) is 0.903. The van der Waals surface area contributed by atoms with E-state index in [0.717, 1.165) is 27.9 Å². The number of aromatic nitrogens is 1. The van der Waals surface area contributed by atoms with Crippen LogP contribution in [0.2, 0.25) is 0 Å². The average molecular weight is 345 g/mol. The van der Waals surface area contributed by atoms with Gasteiger partial charge in [0.25, 0.3) is 0 Å². The van der Waals surface area contributed by atoms with Crippen molar-refractivity contribution < 1.29 is 13.2 Å². The summed E-state index contributed by atoms with van der Waals surface area (Å²) in [5.41, 5.74) is 0.825. The molecule has 2 nitrogen and oxygen atoms in total. The van der Waals surface area contributed by atoms with Gasteiger partial charge in [-0.15, -0.1) is 0 Å². The third-order valence-electron chi connectivity index (χ3n) is 2.91. The molecule has 1 heterocycles. The van der Waals surface area contributed by atoms with Crippen molar-refractivity contribution in [3.8, 4) is 0 Å². The van der Waals surface area contributed by atoms with Crippen LogP contribution in [0.1, 0.15) is 22.9 Å². The van der Waals surface area contributed by atoms with Gasteiger partial charge in [-0.05, 0) is 52.8 Å². The lowest BCUT2D eigenvalue weighted by molar-refractivity contribution is -0.137.